The van der Waals surface area contributed by atoms with Crippen LogP contribution in [0.25, 0.3) is 0 Å². The molecule has 4 aliphatic rings. The van der Waals surface area contributed by atoms with Gasteiger partial charge in [0.15, 0.2) is 0 Å². The molecule has 0 unspecified atom stereocenters. The first-order valence-corrected chi connectivity index (χ1v) is 11.2. The van der Waals surface area contributed by atoms with E-state index in [1.807, 2.05) is 0 Å². The van der Waals surface area contributed by atoms with Gasteiger partial charge in [-0.25, -0.2) is 0 Å². The Labute approximate surface area is 164 Å². The van der Waals surface area contributed by atoms with Crippen LogP contribution in [0.4, 0.5) is 0 Å². The van der Waals surface area contributed by atoms with Crippen molar-refractivity contribution in [2.75, 3.05) is 0 Å². The molecule has 2 N–H and O–H groups in total. The minimum atomic E-state index is -0.158. The SMILES string of the molecule is CC(C)(C)NC(=O)[C@H]1CC[C@@H]2[C@@H]3CC[C@@H]4NC(=O)CC[C@]4(C)[C@@H]3CC[C@]12C. The lowest BCUT2D eigenvalue weighted by molar-refractivity contribution is -0.142. The van der Waals surface area contributed by atoms with Crippen molar-refractivity contribution >= 4 is 11.8 Å². The van der Waals surface area contributed by atoms with E-state index in [9.17, 15) is 9.59 Å². The molecule has 0 spiro atoms. The quantitative estimate of drug-likeness (QED) is 0.728. The van der Waals surface area contributed by atoms with Crippen LogP contribution in [0.5, 0.6) is 0 Å². The summed E-state index contributed by atoms with van der Waals surface area (Å²) in [4.78, 5) is 25.0. The molecule has 1 aliphatic heterocycles. The first-order valence-electron chi connectivity index (χ1n) is 11.2. The standard InChI is InChI=1S/C23H38N2O2/c1-21(2,3)25-20(27)17-8-7-15-14-6-9-18-23(5,13-11-19(26)24-18)16(14)10-12-22(15,17)4/h14-18H,6-13H2,1-5H3,(H,24,26)(H,25,27)/t14-,15+,16+,17+,18-,22-,23+/m0/s1. The van der Waals surface area contributed by atoms with E-state index in [0.717, 1.165) is 31.6 Å². The van der Waals surface area contributed by atoms with Gasteiger partial charge in [-0.3, -0.25) is 9.59 Å². The van der Waals surface area contributed by atoms with Crippen LogP contribution in [-0.2, 0) is 9.59 Å². The van der Waals surface area contributed by atoms with Crippen molar-refractivity contribution in [1.29, 1.82) is 0 Å². The van der Waals surface area contributed by atoms with Crippen LogP contribution in [-0.4, -0.2) is 23.4 Å². The van der Waals surface area contributed by atoms with E-state index in [1.54, 1.807) is 0 Å². The minimum Gasteiger partial charge on any atom is -0.353 e. The third kappa shape index (κ3) is 3.02. The molecule has 0 bridgehead atoms. The highest BCUT2D eigenvalue weighted by Gasteiger charge is 2.61. The number of hydrogen-bond donors (Lipinski definition) is 2. The molecular weight excluding hydrogens is 336 g/mol. The summed E-state index contributed by atoms with van der Waals surface area (Å²) in [7, 11) is 0. The second-order valence-corrected chi connectivity index (χ2v) is 11.5. The highest BCUT2D eigenvalue weighted by Crippen LogP contribution is 2.65. The van der Waals surface area contributed by atoms with E-state index in [-0.39, 0.29) is 34.1 Å². The second-order valence-electron chi connectivity index (χ2n) is 11.5. The number of piperidine rings is 1. The van der Waals surface area contributed by atoms with Gasteiger partial charge in [0.2, 0.25) is 11.8 Å². The topological polar surface area (TPSA) is 58.2 Å². The van der Waals surface area contributed by atoms with Gasteiger partial charge in [0.1, 0.15) is 0 Å². The summed E-state index contributed by atoms with van der Waals surface area (Å²) in [6.45, 7) is 11.1. The summed E-state index contributed by atoms with van der Waals surface area (Å²) in [5, 5.41) is 6.57. The lowest BCUT2D eigenvalue weighted by Crippen LogP contribution is -2.61. The van der Waals surface area contributed by atoms with E-state index < -0.39 is 0 Å². The van der Waals surface area contributed by atoms with Crippen molar-refractivity contribution in [3.05, 3.63) is 0 Å². The summed E-state index contributed by atoms with van der Waals surface area (Å²) in [5.41, 5.74) is 0.246. The summed E-state index contributed by atoms with van der Waals surface area (Å²) in [6, 6.07) is 0.366. The lowest BCUT2D eigenvalue weighted by atomic mass is 9.47. The van der Waals surface area contributed by atoms with Gasteiger partial charge >= 0.3 is 0 Å². The Bertz CT molecular complexity index is 639. The Hall–Kier alpha value is -1.06. The average Bonchev–Trinajstić information content (AvgIpc) is 2.91. The zero-order chi connectivity index (χ0) is 19.6. The van der Waals surface area contributed by atoms with Gasteiger partial charge in [-0.15, -0.1) is 0 Å². The van der Waals surface area contributed by atoms with Crippen molar-refractivity contribution in [2.45, 2.75) is 97.6 Å². The molecule has 0 aromatic carbocycles. The van der Waals surface area contributed by atoms with Gasteiger partial charge in [0.05, 0.1) is 0 Å². The molecule has 3 aliphatic carbocycles. The average molecular weight is 375 g/mol. The molecule has 0 radical (unpaired) electrons. The normalized spacial score (nSPS) is 46.7. The maximum atomic E-state index is 13.0. The van der Waals surface area contributed by atoms with Crippen LogP contribution in [0.2, 0.25) is 0 Å². The van der Waals surface area contributed by atoms with Gasteiger partial charge in [-0.2, -0.15) is 0 Å². The van der Waals surface area contributed by atoms with Crippen LogP contribution in [0.15, 0.2) is 0 Å². The van der Waals surface area contributed by atoms with E-state index in [0.29, 0.717) is 24.3 Å². The third-order valence-corrected chi connectivity index (χ3v) is 8.91. The molecule has 0 aromatic rings. The molecule has 4 fully saturated rings. The highest BCUT2D eigenvalue weighted by molar-refractivity contribution is 5.80. The molecule has 27 heavy (non-hydrogen) atoms. The predicted molar refractivity (Wildman–Crippen MR) is 107 cm³/mol. The van der Waals surface area contributed by atoms with Gasteiger partial charge < -0.3 is 10.6 Å². The van der Waals surface area contributed by atoms with Crippen LogP contribution < -0.4 is 10.6 Å². The van der Waals surface area contributed by atoms with Crippen LogP contribution >= 0.6 is 0 Å². The van der Waals surface area contributed by atoms with Crippen molar-refractivity contribution < 1.29 is 9.59 Å². The van der Waals surface area contributed by atoms with E-state index >= 15 is 0 Å². The monoisotopic (exact) mass is 374 g/mol. The van der Waals surface area contributed by atoms with Crippen molar-refractivity contribution in [1.82, 2.24) is 10.6 Å². The Morgan fingerprint density at radius 3 is 2.41 bits per heavy atom. The van der Waals surface area contributed by atoms with Crippen molar-refractivity contribution in [3.8, 4) is 0 Å². The summed E-state index contributed by atoms with van der Waals surface area (Å²) < 4.78 is 0. The first-order chi connectivity index (χ1) is 12.5. The first kappa shape index (κ1) is 19.3. The molecule has 4 nitrogen and oxygen atoms in total. The Balaban J connectivity index is 1.55. The van der Waals surface area contributed by atoms with Crippen LogP contribution in [0.3, 0.4) is 0 Å². The fourth-order valence-corrected chi connectivity index (χ4v) is 7.59. The molecule has 4 heteroatoms. The molecular formula is C23H38N2O2. The molecule has 7 atom stereocenters. The fraction of sp³-hybridized carbons (Fsp3) is 0.913. The number of nitrogens with one attached hydrogen (secondary N) is 2. The van der Waals surface area contributed by atoms with Gasteiger partial charge in [0.25, 0.3) is 0 Å². The molecule has 2 amide bonds. The van der Waals surface area contributed by atoms with Crippen molar-refractivity contribution in [3.63, 3.8) is 0 Å². The molecule has 152 valence electrons. The minimum absolute atomic E-state index is 0.150. The number of carbonyl (C=O) groups excluding carboxylic acids is 2. The van der Waals surface area contributed by atoms with E-state index in [2.05, 4.69) is 45.3 Å². The summed E-state index contributed by atoms with van der Waals surface area (Å²) >= 11 is 0. The van der Waals surface area contributed by atoms with Crippen LogP contribution in [0, 0.1) is 34.5 Å². The smallest absolute Gasteiger partial charge is 0.224 e. The van der Waals surface area contributed by atoms with Crippen molar-refractivity contribution in [2.24, 2.45) is 34.5 Å². The zero-order valence-corrected chi connectivity index (χ0v) is 17.9. The Morgan fingerprint density at radius 1 is 1.00 bits per heavy atom. The Morgan fingerprint density at radius 2 is 1.70 bits per heavy atom. The maximum absolute atomic E-state index is 13.0. The predicted octanol–water partition coefficient (Wildman–Crippen LogP) is 4.04. The molecule has 0 aromatic heterocycles. The summed E-state index contributed by atoms with van der Waals surface area (Å²) in [6.07, 6.45) is 8.71. The van der Waals surface area contributed by atoms with Gasteiger partial charge in [-0.05, 0) is 94.3 Å². The number of fused-ring (bicyclic) bond motifs is 5. The zero-order valence-electron chi connectivity index (χ0n) is 17.9. The molecule has 4 rings (SSSR count). The number of rotatable bonds is 1. The van der Waals surface area contributed by atoms with Crippen LogP contribution in [0.1, 0.15) is 86.0 Å². The number of hydrogen-bond acceptors (Lipinski definition) is 2. The van der Waals surface area contributed by atoms with Gasteiger partial charge in [0, 0.05) is 23.9 Å². The number of carbonyl (C=O) groups is 2. The molecule has 3 saturated carbocycles. The lowest BCUT2D eigenvalue weighted by Gasteiger charge is -2.60. The largest absolute Gasteiger partial charge is 0.353 e. The third-order valence-electron chi connectivity index (χ3n) is 8.91. The highest BCUT2D eigenvalue weighted by atomic mass is 16.2. The fourth-order valence-electron chi connectivity index (χ4n) is 7.59. The molecule has 1 saturated heterocycles. The second kappa shape index (κ2) is 6.22. The molecule has 1 heterocycles. The maximum Gasteiger partial charge on any atom is 0.224 e. The Kier molecular flexibility index (Phi) is 4.44. The van der Waals surface area contributed by atoms with E-state index in [1.165, 1.54) is 19.3 Å². The number of amides is 2. The van der Waals surface area contributed by atoms with Gasteiger partial charge in [-0.1, -0.05) is 13.8 Å². The summed E-state index contributed by atoms with van der Waals surface area (Å²) in [5.74, 6) is 2.79. The van der Waals surface area contributed by atoms with E-state index in [4.69, 9.17) is 0 Å².